The van der Waals surface area contributed by atoms with Crippen molar-refractivity contribution in [2.45, 2.75) is 20.0 Å². The minimum absolute atomic E-state index is 0.0896. The van der Waals surface area contributed by atoms with E-state index in [1.54, 1.807) is 57.4 Å². The first-order chi connectivity index (χ1) is 12.5. The van der Waals surface area contributed by atoms with Gasteiger partial charge in [0.15, 0.2) is 6.10 Å². The summed E-state index contributed by atoms with van der Waals surface area (Å²) in [7, 11) is 1.59. The van der Waals surface area contributed by atoms with Gasteiger partial charge in [0.2, 0.25) is 5.89 Å². The van der Waals surface area contributed by atoms with Crippen molar-refractivity contribution in [1.29, 1.82) is 0 Å². The van der Waals surface area contributed by atoms with Gasteiger partial charge in [-0.15, -0.1) is 10.2 Å². The minimum Gasteiger partial charge on any atom is -0.507 e. The Kier molecular flexibility index (Phi) is 4.88. The zero-order chi connectivity index (χ0) is 18.7. The summed E-state index contributed by atoms with van der Waals surface area (Å²) in [6, 6.07) is 12.0. The number of aromatic hydroxyl groups is 1. The van der Waals surface area contributed by atoms with Crippen molar-refractivity contribution in [2.24, 2.45) is 0 Å². The van der Waals surface area contributed by atoms with Crippen LogP contribution < -0.4 is 4.74 Å². The van der Waals surface area contributed by atoms with Crippen LogP contribution in [0, 0.1) is 6.92 Å². The second-order valence-corrected chi connectivity index (χ2v) is 5.69. The van der Waals surface area contributed by atoms with Crippen LogP contribution in [0.4, 0.5) is 0 Å². The highest BCUT2D eigenvalue weighted by atomic mass is 16.6. The van der Waals surface area contributed by atoms with E-state index in [-0.39, 0.29) is 17.2 Å². The van der Waals surface area contributed by atoms with Gasteiger partial charge in [0.1, 0.15) is 17.1 Å². The molecule has 2 aromatic carbocycles. The van der Waals surface area contributed by atoms with Crippen molar-refractivity contribution in [2.75, 3.05) is 7.11 Å². The molecule has 0 fully saturated rings. The molecule has 1 aromatic heterocycles. The van der Waals surface area contributed by atoms with Crippen LogP contribution >= 0.6 is 0 Å². The lowest BCUT2D eigenvalue weighted by Crippen LogP contribution is -2.10. The molecular formula is C19H18N2O5. The van der Waals surface area contributed by atoms with E-state index < -0.39 is 12.1 Å². The van der Waals surface area contributed by atoms with Crippen molar-refractivity contribution in [1.82, 2.24) is 10.2 Å². The first-order valence-electron chi connectivity index (χ1n) is 7.97. The number of carbonyl (C=O) groups is 1. The van der Waals surface area contributed by atoms with Crippen LogP contribution in [0.25, 0.3) is 11.5 Å². The third-order valence-electron chi connectivity index (χ3n) is 3.87. The molecule has 0 aliphatic rings. The van der Waals surface area contributed by atoms with E-state index in [2.05, 4.69) is 10.2 Å². The number of para-hydroxylation sites is 1. The number of ether oxygens (including phenoxy) is 2. The van der Waals surface area contributed by atoms with E-state index in [0.29, 0.717) is 17.2 Å². The van der Waals surface area contributed by atoms with Gasteiger partial charge in [-0.05, 0) is 49.7 Å². The third kappa shape index (κ3) is 3.51. The Morgan fingerprint density at radius 3 is 2.58 bits per heavy atom. The quantitative estimate of drug-likeness (QED) is 0.698. The predicted molar refractivity (Wildman–Crippen MR) is 93.0 cm³/mol. The third-order valence-corrected chi connectivity index (χ3v) is 3.87. The lowest BCUT2D eigenvalue weighted by molar-refractivity contribution is 0.0276. The molecule has 26 heavy (non-hydrogen) atoms. The number of rotatable bonds is 5. The van der Waals surface area contributed by atoms with Gasteiger partial charge in [0.05, 0.1) is 7.11 Å². The lowest BCUT2D eigenvalue weighted by atomic mass is 10.1. The molecule has 0 saturated carbocycles. The Morgan fingerprint density at radius 1 is 1.15 bits per heavy atom. The largest absolute Gasteiger partial charge is 0.507 e. The average Bonchev–Trinajstić information content (AvgIpc) is 3.14. The van der Waals surface area contributed by atoms with Crippen molar-refractivity contribution in [3.05, 3.63) is 59.5 Å². The molecule has 134 valence electrons. The van der Waals surface area contributed by atoms with Gasteiger partial charge in [-0.1, -0.05) is 12.1 Å². The highest BCUT2D eigenvalue weighted by Crippen LogP contribution is 2.27. The number of nitrogens with zero attached hydrogens (tertiary/aromatic N) is 2. The van der Waals surface area contributed by atoms with Crippen LogP contribution in [0.3, 0.4) is 0 Å². The van der Waals surface area contributed by atoms with Crippen molar-refractivity contribution in [3.63, 3.8) is 0 Å². The number of esters is 1. The van der Waals surface area contributed by atoms with Gasteiger partial charge in [-0.2, -0.15) is 0 Å². The van der Waals surface area contributed by atoms with Gasteiger partial charge in [0, 0.05) is 5.56 Å². The molecule has 0 unspecified atom stereocenters. The van der Waals surface area contributed by atoms with Gasteiger partial charge in [-0.3, -0.25) is 0 Å². The van der Waals surface area contributed by atoms with Gasteiger partial charge >= 0.3 is 5.97 Å². The molecule has 1 atom stereocenters. The summed E-state index contributed by atoms with van der Waals surface area (Å²) in [4.78, 5) is 12.3. The number of carbonyl (C=O) groups excluding carboxylic acids is 1. The van der Waals surface area contributed by atoms with Crippen LogP contribution in [-0.2, 0) is 4.74 Å². The number of phenolic OH excluding ortho intramolecular Hbond substituents is 1. The molecule has 0 aliphatic carbocycles. The fraction of sp³-hybridized carbons (Fsp3) is 0.211. The van der Waals surface area contributed by atoms with E-state index in [1.807, 2.05) is 0 Å². The van der Waals surface area contributed by atoms with Crippen LogP contribution in [0.15, 0.2) is 46.9 Å². The van der Waals surface area contributed by atoms with Crippen LogP contribution in [0.5, 0.6) is 11.5 Å². The van der Waals surface area contributed by atoms with E-state index in [4.69, 9.17) is 13.9 Å². The molecule has 0 radical (unpaired) electrons. The molecule has 7 heteroatoms. The number of hydrogen-bond donors (Lipinski definition) is 1. The first-order valence-corrected chi connectivity index (χ1v) is 7.97. The molecule has 0 amide bonds. The molecule has 0 saturated heterocycles. The Labute approximate surface area is 150 Å². The number of methoxy groups -OCH3 is 1. The van der Waals surface area contributed by atoms with Crippen molar-refractivity contribution in [3.8, 4) is 23.0 Å². The molecule has 0 spiro atoms. The molecule has 1 N–H and O–H groups in total. The number of phenols is 1. The number of aromatic nitrogens is 2. The van der Waals surface area contributed by atoms with Crippen LogP contribution in [0.1, 0.15) is 34.8 Å². The normalized spacial score (nSPS) is 11.8. The predicted octanol–water partition coefficient (Wildman–Crippen LogP) is 3.68. The van der Waals surface area contributed by atoms with E-state index in [0.717, 1.165) is 5.56 Å². The monoisotopic (exact) mass is 354 g/mol. The number of aryl methyl sites for hydroxylation is 1. The Bertz CT molecular complexity index is 918. The van der Waals surface area contributed by atoms with E-state index in [1.165, 1.54) is 6.07 Å². The van der Waals surface area contributed by atoms with E-state index >= 15 is 0 Å². The summed E-state index contributed by atoms with van der Waals surface area (Å²) < 4.78 is 16.0. The molecular weight excluding hydrogens is 336 g/mol. The van der Waals surface area contributed by atoms with Crippen LogP contribution in [-0.4, -0.2) is 28.4 Å². The summed E-state index contributed by atoms with van der Waals surface area (Å²) >= 11 is 0. The molecule has 7 nitrogen and oxygen atoms in total. The molecule has 3 rings (SSSR count). The highest BCUT2D eigenvalue weighted by Gasteiger charge is 2.22. The number of benzene rings is 2. The zero-order valence-electron chi connectivity index (χ0n) is 14.6. The standard InChI is InChI=1S/C19H18N2O5/c1-11-5-4-6-15(16(11)22)19(23)25-12(2)17-20-21-18(26-17)13-7-9-14(24-3)10-8-13/h4-10,12,22H,1-3H3/t12-/m1/s1. The summed E-state index contributed by atoms with van der Waals surface area (Å²) in [5.74, 6) is 0.422. The summed E-state index contributed by atoms with van der Waals surface area (Å²) in [6.07, 6.45) is -0.762. The maximum atomic E-state index is 12.3. The maximum Gasteiger partial charge on any atom is 0.342 e. The molecule has 1 heterocycles. The summed E-state index contributed by atoms with van der Waals surface area (Å²) in [5.41, 5.74) is 1.40. The minimum atomic E-state index is -0.762. The molecule has 0 bridgehead atoms. The van der Waals surface area contributed by atoms with Gasteiger partial charge in [0.25, 0.3) is 5.89 Å². The maximum absolute atomic E-state index is 12.3. The topological polar surface area (TPSA) is 94.7 Å². The van der Waals surface area contributed by atoms with E-state index in [9.17, 15) is 9.90 Å². The van der Waals surface area contributed by atoms with Crippen molar-refractivity contribution < 1.29 is 23.8 Å². The number of hydrogen-bond acceptors (Lipinski definition) is 7. The van der Waals surface area contributed by atoms with Crippen LogP contribution in [0.2, 0.25) is 0 Å². The smallest absolute Gasteiger partial charge is 0.342 e. The van der Waals surface area contributed by atoms with Gasteiger partial charge < -0.3 is 19.0 Å². The Balaban J connectivity index is 1.74. The Morgan fingerprint density at radius 2 is 1.88 bits per heavy atom. The molecule has 0 aliphatic heterocycles. The average molecular weight is 354 g/mol. The lowest BCUT2D eigenvalue weighted by Gasteiger charge is -2.11. The highest BCUT2D eigenvalue weighted by molar-refractivity contribution is 5.92. The van der Waals surface area contributed by atoms with Gasteiger partial charge in [-0.25, -0.2) is 4.79 Å². The SMILES string of the molecule is COc1ccc(-c2nnc([C@@H](C)OC(=O)c3cccc(C)c3O)o2)cc1. The molecule has 3 aromatic rings. The summed E-state index contributed by atoms with van der Waals surface area (Å²) in [5, 5.41) is 17.9. The fourth-order valence-electron chi connectivity index (χ4n) is 2.35. The fourth-order valence-corrected chi connectivity index (χ4v) is 2.35. The second kappa shape index (κ2) is 7.26. The van der Waals surface area contributed by atoms with Crippen molar-refractivity contribution >= 4 is 5.97 Å². The zero-order valence-corrected chi connectivity index (χ0v) is 14.6. The summed E-state index contributed by atoms with van der Waals surface area (Å²) in [6.45, 7) is 3.32. The first kappa shape index (κ1) is 17.5. The second-order valence-electron chi connectivity index (χ2n) is 5.69. The Hall–Kier alpha value is -3.35.